The first-order valence-electron chi connectivity index (χ1n) is 14.6. The maximum Gasteiger partial charge on any atom is 0.238 e. The van der Waals surface area contributed by atoms with Crippen molar-refractivity contribution in [3.8, 4) is 22.5 Å². The van der Waals surface area contributed by atoms with Crippen molar-refractivity contribution in [1.82, 2.24) is 9.97 Å². The lowest BCUT2D eigenvalue weighted by Gasteiger charge is -2.18. The molecule has 4 aliphatic carbocycles. The van der Waals surface area contributed by atoms with Crippen molar-refractivity contribution >= 4 is 35.0 Å². The third kappa shape index (κ3) is 3.12. The summed E-state index contributed by atoms with van der Waals surface area (Å²) in [6, 6.07) is 14.6. The molecule has 3 heterocycles. The van der Waals surface area contributed by atoms with Crippen LogP contribution in [-0.4, -0.2) is 33.6 Å². The molecule has 0 spiro atoms. The average molecular weight is 555 g/mol. The van der Waals surface area contributed by atoms with E-state index in [-0.39, 0.29) is 71.0 Å². The molecule has 2 saturated carbocycles. The van der Waals surface area contributed by atoms with Crippen molar-refractivity contribution in [3.05, 3.63) is 85.2 Å². The van der Waals surface area contributed by atoms with E-state index in [2.05, 4.69) is 34.3 Å². The number of anilines is 2. The fourth-order valence-electron chi connectivity index (χ4n) is 8.50. The molecule has 8 atom stereocenters. The molecule has 8 heteroatoms. The van der Waals surface area contributed by atoms with Crippen LogP contribution in [0.25, 0.3) is 22.5 Å². The number of amides is 4. The summed E-state index contributed by atoms with van der Waals surface area (Å²) in [6.07, 6.45) is 13.7. The van der Waals surface area contributed by atoms with Crippen molar-refractivity contribution in [3.63, 3.8) is 0 Å². The fraction of sp³-hybridized carbons (Fsp3) is 0.294. The zero-order chi connectivity index (χ0) is 28.3. The lowest BCUT2D eigenvalue weighted by atomic mass is 9.85. The van der Waals surface area contributed by atoms with Crippen LogP contribution in [0, 0.1) is 47.3 Å². The molecule has 4 fully saturated rings. The van der Waals surface area contributed by atoms with Gasteiger partial charge in [0, 0.05) is 23.5 Å². The van der Waals surface area contributed by atoms with Gasteiger partial charge in [-0.05, 0) is 78.5 Å². The third-order valence-corrected chi connectivity index (χ3v) is 10.4. The normalized spacial score (nSPS) is 33.4. The lowest BCUT2D eigenvalue weighted by Crippen LogP contribution is -2.32. The topological polar surface area (TPSA) is 101 Å². The van der Waals surface area contributed by atoms with Gasteiger partial charge in [-0.25, -0.2) is 9.97 Å². The number of allylic oxidation sites excluding steroid dienone is 4. The Morgan fingerprint density at radius 2 is 0.833 bits per heavy atom. The standard InChI is InChI=1S/C34H26N4O4/c39-31-26-19-1-2-20(13-19)27(26)32(40)37(31)24-9-5-17(6-10-24)23-15-35-30(36-16-23)18-7-11-25(12-8-18)38-33(41)28-21-3-4-22(14-21)29(28)34(38)42/h1-12,15-16,19-22,26-29H,13-14H2/t19-,20+,21-,22+,26-,27-,28-,29+/m0/s1. The number of rotatable bonds is 4. The molecule has 1 aromatic heterocycles. The predicted octanol–water partition coefficient (Wildman–Crippen LogP) is 4.43. The zero-order valence-electron chi connectivity index (χ0n) is 22.5. The molecule has 3 aromatic rings. The minimum Gasteiger partial charge on any atom is -0.274 e. The molecule has 0 unspecified atom stereocenters. The quantitative estimate of drug-likeness (QED) is 0.349. The average Bonchev–Trinajstić information content (AvgIpc) is 3.87. The smallest absolute Gasteiger partial charge is 0.238 e. The highest BCUT2D eigenvalue weighted by Crippen LogP contribution is 2.54. The molecule has 4 bridgehead atoms. The molecule has 206 valence electrons. The van der Waals surface area contributed by atoms with E-state index in [0.717, 1.165) is 29.5 Å². The van der Waals surface area contributed by atoms with Gasteiger partial charge in [-0.15, -0.1) is 0 Å². The Morgan fingerprint density at radius 1 is 0.476 bits per heavy atom. The van der Waals surface area contributed by atoms with Crippen LogP contribution in [0.3, 0.4) is 0 Å². The largest absolute Gasteiger partial charge is 0.274 e. The van der Waals surface area contributed by atoms with E-state index in [9.17, 15) is 19.2 Å². The van der Waals surface area contributed by atoms with Crippen molar-refractivity contribution in [2.45, 2.75) is 12.8 Å². The lowest BCUT2D eigenvalue weighted by molar-refractivity contribution is -0.124. The van der Waals surface area contributed by atoms with Gasteiger partial charge in [0.1, 0.15) is 0 Å². The summed E-state index contributed by atoms with van der Waals surface area (Å²) >= 11 is 0. The van der Waals surface area contributed by atoms with Gasteiger partial charge in [-0.1, -0.05) is 36.4 Å². The van der Waals surface area contributed by atoms with Crippen LogP contribution >= 0.6 is 0 Å². The first-order chi connectivity index (χ1) is 20.5. The highest BCUT2D eigenvalue weighted by molar-refractivity contribution is 6.23. The van der Waals surface area contributed by atoms with Crippen LogP contribution < -0.4 is 9.80 Å². The van der Waals surface area contributed by atoms with Gasteiger partial charge < -0.3 is 0 Å². The first kappa shape index (κ1) is 23.9. The van der Waals surface area contributed by atoms with Gasteiger partial charge in [0.25, 0.3) is 0 Å². The van der Waals surface area contributed by atoms with Gasteiger partial charge >= 0.3 is 0 Å². The van der Waals surface area contributed by atoms with Crippen LogP contribution in [0.2, 0.25) is 0 Å². The fourth-order valence-corrected chi connectivity index (χ4v) is 8.50. The molecule has 2 aliphatic heterocycles. The van der Waals surface area contributed by atoms with Crippen molar-refractivity contribution in [1.29, 1.82) is 0 Å². The number of hydrogen-bond donors (Lipinski definition) is 0. The Hall–Kier alpha value is -4.72. The van der Waals surface area contributed by atoms with Crippen LogP contribution in [-0.2, 0) is 19.2 Å². The number of carbonyl (C=O) groups excluding carboxylic acids is 4. The molecular formula is C34H26N4O4. The number of nitrogens with zero attached hydrogens (tertiary/aromatic N) is 4. The second-order valence-corrected chi connectivity index (χ2v) is 12.4. The van der Waals surface area contributed by atoms with Gasteiger partial charge in [-0.2, -0.15) is 0 Å². The Morgan fingerprint density at radius 3 is 1.21 bits per heavy atom. The molecule has 9 rings (SSSR count). The van der Waals surface area contributed by atoms with E-state index in [1.165, 1.54) is 9.80 Å². The maximum absolute atomic E-state index is 13.1. The summed E-state index contributed by atoms with van der Waals surface area (Å²) in [5.41, 5.74) is 3.65. The zero-order valence-corrected chi connectivity index (χ0v) is 22.5. The summed E-state index contributed by atoms with van der Waals surface area (Å²) in [6.45, 7) is 0. The number of hydrogen-bond acceptors (Lipinski definition) is 6. The molecule has 0 radical (unpaired) electrons. The Bertz CT molecular complexity index is 1570. The van der Waals surface area contributed by atoms with E-state index >= 15 is 0 Å². The number of benzene rings is 2. The first-order valence-corrected chi connectivity index (χ1v) is 14.6. The van der Waals surface area contributed by atoms with Gasteiger partial charge in [-0.3, -0.25) is 29.0 Å². The molecule has 42 heavy (non-hydrogen) atoms. The SMILES string of the molecule is O=C1[C@@H]2[C@@H](C(=O)N1c1ccc(-c3cnc(-c4ccc(N5C(=O)[C@@H]6[C@H](C5=O)[C@@H]5C=C[C@H]6C5)cc4)nc3)cc1)[C@H]1C=C[C@@H]2C1. The highest BCUT2D eigenvalue weighted by atomic mass is 16.2. The molecule has 8 nitrogen and oxygen atoms in total. The van der Waals surface area contributed by atoms with Crippen molar-refractivity contribution in [2.24, 2.45) is 47.3 Å². The Labute approximate surface area is 241 Å². The molecule has 4 amide bonds. The molecule has 6 aliphatic rings. The summed E-state index contributed by atoms with van der Waals surface area (Å²) in [5.74, 6) is 0.0362. The monoisotopic (exact) mass is 554 g/mol. The van der Waals surface area contributed by atoms with E-state index in [0.29, 0.717) is 17.2 Å². The highest BCUT2D eigenvalue weighted by Gasteiger charge is 2.60. The Kier molecular flexibility index (Phi) is 4.79. The van der Waals surface area contributed by atoms with Gasteiger partial charge in [0.15, 0.2) is 5.82 Å². The van der Waals surface area contributed by atoms with E-state index in [1.54, 1.807) is 24.5 Å². The predicted molar refractivity (Wildman–Crippen MR) is 153 cm³/mol. The van der Waals surface area contributed by atoms with Crippen LogP contribution in [0.4, 0.5) is 11.4 Å². The molecular weight excluding hydrogens is 528 g/mol. The van der Waals surface area contributed by atoms with Crippen LogP contribution in [0.1, 0.15) is 12.8 Å². The van der Waals surface area contributed by atoms with Gasteiger partial charge in [0.05, 0.1) is 35.0 Å². The molecule has 2 saturated heterocycles. The van der Waals surface area contributed by atoms with Crippen molar-refractivity contribution < 1.29 is 19.2 Å². The number of carbonyl (C=O) groups is 4. The van der Waals surface area contributed by atoms with E-state index < -0.39 is 0 Å². The van der Waals surface area contributed by atoms with Crippen LogP contribution in [0.5, 0.6) is 0 Å². The minimum atomic E-state index is -0.222. The second-order valence-electron chi connectivity index (χ2n) is 12.4. The summed E-state index contributed by atoms with van der Waals surface area (Å²) in [4.78, 5) is 64.3. The second kappa shape index (κ2) is 8.41. The van der Waals surface area contributed by atoms with Crippen molar-refractivity contribution in [2.75, 3.05) is 9.80 Å². The molecule has 2 aromatic carbocycles. The van der Waals surface area contributed by atoms with E-state index in [1.807, 2.05) is 36.4 Å². The summed E-state index contributed by atoms with van der Waals surface area (Å²) in [5, 5.41) is 0. The van der Waals surface area contributed by atoms with Gasteiger partial charge in [0.2, 0.25) is 23.6 Å². The third-order valence-electron chi connectivity index (χ3n) is 10.4. The maximum atomic E-state index is 13.1. The number of imide groups is 2. The summed E-state index contributed by atoms with van der Waals surface area (Å²) < 4.78 is 0. The summed E-state index contributed by atoms with van der Waals surface area (Å²) in [7, 11) is 0. The number of aromatic nitrogens is 2. The van der Waals surface area contributed by atoms with Crippen LogP contribution in [0.15, 0.2) is 85.2 Å². The van der Waals surface area contributed by atoms with E-state index in [4.69, 9.17) is 0 Å². The number of fused-ring (bicyclic) bond motifs is 10. The minimum absolute atomic E-state index is 0.0845. The Balaban J connectivity index is 0.912. The molecule has 0 N–H and O–H groups in total.